The van der Waals surface area contributed by atoms with Gasteiger partial charge in [0, 0.05) is 26.2 Å². The highest BCUT2D eigenvalue weighted by atomic mass is 35.5. The molecule has 0 bridgehead atoms. The van der Waals surface area contributed by atoms with Gasteiger partial charge in [0.2, 0.25) is 5.82 Å². The lowest BCUT2D eigenvalue weighted by Crippen LogP contribution is -2.52. The number of aryl methyl sites for hydroxylation is 1. The molecule has 3 heterocycles. The van der Waals surface area contributed by atoms with E-state index in [0.29, 0.717) is 43.4 Å². The van der Waals surface area contributed by atoms with Crippen molar-refractivity contribution in [2.24, 2.45) is 4.99 Å². The Morgan fingerprint density at radius 3 is 2.46 bits per heavy atom. The number of anilines is 2. The fourth-order valence-corrected chi connectivity index (χ4v) is 4.64. The van der Waals surface area contributed by atoms with Gasteiger partial charge in [-0.3, -0.25) is 4.90 Å². The lowest BCUT2D eigenvalue weighted by atomic mass is 9.96. The van der Waals surface area contributed by atoms with Gasteiger partial charge in [-0.05, 0) is 50.8 Å². The van der Waals surface area contributed by atoms with Crippen LogP contribution in [0.4, 0.5) is 20.7 Å². The molecule has 1 saturated heterocycles. The van der Waals surface area contributed by atoms with Crippen LogP contribution in [-0.4, -0.2) is 64.4 Å². The van der Waals surface area contributed by atoms with Gasteiger partial charge in [-0.15, -0.1) is 0 Å². The number of benzene rings is 1. The lowest BCUT2D eigenvalue weighted by Gasteiger charge is -2.39. The fraction of sp³-hybridized carbons (Fsp3) is 0.444. The van der Waals surface area contributed by atoms with Crippen molar-refractivity contribution in [2.45, 2.75) is 53.1 Å². The molecule has 0 spiro atoms. The van der Waals surface area contributed by atoms with Crippen LogP contribution in [0, 0.1) is 12.7 Å². The van der Waals surface area contributed by atoms with Gasteiger partial charge in [0.25, 0.3) is 0 Å². The first-order valence-corrected chi connectivity index (χ1v) is 12.6. The number of hydrogen-bond acceptors (Lipinski definition) is 7. The SMILES string of the molecule is Cc1cccc(C(C)C)c1N1C(=C=O)N=C(N2CCN(C(=O)OC(C)(C)C)CC2)c2cc(F)c(Cl)nc21. The van der Waals surface area contributed by atoms with Gasteiger partial charge in [-0.2, -0.15) is 0 Å². The molecule has 0 N–H and O–H groups in total. The number of piperazine rings is 1. The Hall–Kier alpha value is -3.42. The number of para-hydroxylation sites is 1. The molecule has 0 atom stereocenters. The Morgan fingerprint density at radius 2 is 1.86 bits per heavy atom. The van der Waals surface area contributed by atoms with Gasteiger partial charge < -0.3 is 14.5 Å². The summed E-state index contributed by atoms with van der Waals surface area (Å²) in [6, 6.07) is 7.16. The summed E-state index contributed by atoms with van der Waals surface area (Å²) in [6.45, 7) is 13.1. The van der Waals surface area contributed by atoms with Gasteiger partial charge in [0.15, 0.2) is 22.7 Å². The van der Waals surface area contributed by atoms with Gasteiger partial charge in [-0.1, -0.05) is 43.6 Å². The van der Waals surface area contributed by atoms with Gasteiger partial charge in [-0.25, -0.2) is 24.0 Å². The van der Waals surface area contributed by atoms with E-state index in [1.165, 1.54) is 6.07 Å². The number of nitrogens with zero attached hydrogens (tertiary/aromatic N) is 5. The minimum atomic E-state index is -0.687. The number of amides is 1. The second kappa shape index (κ2) is 10.1. The van der Waals surface area contributed by atoms with E-state index in [9.17, 15) is 14.0 Å². The molecule has 8 nitrogen and oxygen atoms in total. The summed E-state index contributed by atoms with van der Waals surface area (Å²) in [5.74, 6) is 2.10. The van der Waals surface area contributed by atoms with Gasteiger partial charge >= 0.3 is 6.09 Å². The number of aromatic nitrogens is 1. The number of halogens is 2. The average molecular weight is 528 g/mol. The maximum absolute atomic E-state index is 14.7. The summed E-state index contributed by atoms with van der Waals surface area (Å²) >= 11 is 6.14. The normalized spacial score (nSPS) is 16.0. The average Bonchev–Trinajstić information content (AvgIpc) is 2.83. The zero-order chi connectivity index (χ0) is 27.1. The summed E-state index contributed by atoms with van der Waals surface area (Å²) < 4.78 is 20.2. The first-order chi connectivity index (χ1) is 17.4. The Morgan fingerprint density at radius 1 is 1.19 bits per heavy atom. The van der Waals surface area contributed by atoms with Gasteiger partial charge in [0.05, 0.1) is 11.3 Å². The third kappa shape index (κ3) is 5.33. The van der Waals surface area contributed by atoms with E-state index < -0.39 is 17.5 Å². The predicted molar refractivity (Wildman–Crippen MR) is 142 cm³/mol. The minimum Gasteiger partial charge on any atom is -0.444 e. The van der Waals surface area contributed by atoms with Crippen LogP contribution in [-0.2, 0) is 9.53 Å². The quantitative estimate of drug-likeness (QED) is 0.383. The van der Waals surface area contributed by atoms with Crippen molar-refractivity contribution in [2.75, 3.05) is 31.1 Å². The van der Waals surface area contributed by atoms with Gasteiger partial charge in [0.1, 0.15) is 11.4 Å². The van der Waals surface area contributed by atoms with Crippen molar-refractivity contribution in [3.8, 4) is 0 Å². The second-order valence-electron chi connectivity index (χ2n) is 10.5. The van der Waals surface area contributed by atoms with E-state index in [4.69, 9.17) is 16.3 Å². The van der Waals surface area contributed by atoms with E-state index >= 15 is 0 Å². The Labute approximate surface area is 221 Å². The molecule has 0 aliphatic carbocycles. The molecule has 0 saturated carbocycles. The van der Waals surface area contributed by atoms with Crippen molar-refractivity contribution < 1.29 is 18.7 Å². The molecule has 0 radical (unpaired) electrons. The van der Waals surface area contributed by atoms with Crippen LogP contribution in [0.15, 0.2) is 35.1 Å². The van der Waals surface area contributed by atoms with Crippen LogP contribution in [0.5, 0.6) is 0 Å². The molecule has 2 aliphatic heterocycles. The summed E-state index contributed by atoms with van der Waals surface area (Å²) in [7, 11) is 0. The summed E-state index contributed by atoms with van der Waals surface area (Å²) in [6.07, 6.45) is -0.391. The second-order valence-corrected chi connectivity index (χ2v) is 10.8. The standard InChI is InChI=1S/C27H31ClFN5O3/c1-16(2)18-9-7-8-17(3)22(18)34-21(15-35)30-24(19-14-20(29)23(28)31-25(19)34)32-10-12-33(13-11-32)26(36)37-27(4,5)6/h7-9,14,16H,10-13H2,1-6H3. The first kappa shape index (κ1) is 26.6. The molecule has 2 aromatic rings. The maximum Gasteiger partial charge on any atom is 0.410 e. The number of ether oxygens (including phenoxy) is 1. The third-order valence-corrected chi connectivity index (χ3v) is 6.49. The number of hydrogen-bond donors (Lipinski definition) is 0. The van der Waals surface area contributed by atoms with Crippen LogP contribution in [0.2, 0.25) is 5.15 Å². The molecule has 2 aliphatic rings. The van der Waals surface area contributed by atoms with Crippen LogP contribution in [0.1, 0.15) is 57.2 Å². The Bertz CT molecular complexity index is 1310. The zero-order valence-electron chi connectivity index (χ0n) is 21.9. The van der Waals surface area contributed by atoms with E-state index in [0.717, 1.165) is 16.8 Å². The van der Waals surface area contributed by atoms with Crippen molar-refractivity contribution >= 4 is 41.0 Å². The van der Waals surface area contributed by atoms with E-state index in [1.54, 1.807) is 9.80 Å². The molecule has 4 rings (SSSR count). The van der Waals surface area contributed by atoms with Crippen molar-refractivity contribution in [1.29, 1.82) is 0 Å². The molecule has 1 aromatic heterocycles. The highest BCUT2D eigenvalue weighted by Gasteiger charge is 2.36. The summed E-state index contributed by atoms with van der Waals surface area (Å²) in [4.78, 5) is 38.9. The number of carbonyl (C=O) groups is 1. The summed E-state index contributed by atoms with van der Waals surface area (Å²) in [5.41, 5.74) is 2.43. The van der Waals surface area contributed by atoms with Crippen molar-refractivity contribution in [3.05, 3.63) is 57.7 Å². The van der Waals surface area contributed by atoms with Crippen LogP contribution < -0.4 is 4.90 Å². The summed E-state index contributed by atoms with van der Waals surface area (Å²) in [5, 5.41) is -0.301. The fourth-order valence-electron chi connectivity index (χ4n) is 4.50. The van der Waals surface area contributed by atoms with Crippen molar-refractivity contribution in [1.82, 2.24) is 14.8 Å². The number of fused-ring (bicyclic) bond motifs is 1. The Kier molecular flexibility index (Phi) is 7.31. The zero-order valence-corrected chi connectivity index (χ0v) is 22.7. The highest BCUT2D eigenvalue weighted by molar-refractivity contribution is 6.30. The number of carbonyl (C=O) groups excluding carboxylic acids is 2. The molecule has 196 valence electrons. The topological polar surface area (TPSA) is 78.3 Å². The lowest BCUT2D eigenvalue weighted by molar-refractivity contribution is 0.0187. The molecule has 10 heteroatoms. The maximum atomic E-state index is 14.7. The molecule has 1 fully saturated rings. The molecule has 1 amide bonds. The van der Waals surface area contributed by atoms with Crippen LogP contribution >= 0.6 is 11.6 Å². The Balaban J connectivity index is 1.75. The largest absolute Gasteiger partial charge is 0.444 e. The van der Waals surface area contributed by atoms with Crippen LogP contribution in [0.25, 0.3) is 0 Å². The molecular formula is C27H31ClFN5O3. The van der Waals surface area contributed by atoms with E-state index in [-0.39, 0.29) is 16.9 Å². The molecule has 1 aromatic carbocycles. The smallest absolute Gasteiger partial charge is 0.410 e. The predicted octanol–water partition coefficient (Wildman–Crippen LogP) is 5.43. The number of pyridine rings is 1. The van der Waals surface area contributed by atoms with E-state index in [1.807, 2.05) is 56.7 Å². The number of amidine groups is 1. The van der Waals surface area contributed by atoms with Crippen LogP contribution in [0.3, 0.4) is 0 Å². The molecular weight excluding hydrogens is 497 g/mol. The van der Waals surface area contributed by atoms with E-state index in [2.05, 4.69) is 23.8 Å². The van der Waals surface area contributed by atoms with Crippen molar-refractivity contribution in [3.63, 3.8) is 0 Å². The first-order valence-electron chi connectivity index (χ1n) is 12.2. The number of aliphatic imine (C=N–C) groups is 1. The number of rotatable bonds is 2. The molecule has 0 unspecified atom stereocenters. The highest BCUT2D eigenvalue weighted by Crippen LogP contribution is 2.42. The third-order valence-electron chi connectivity index (χ3n) is 6.23. The monoisotopic (exact) mass is 527 g/mol. The minimum absolute atomic E-state index is 0.00319. The molecule has 37 heavy (non-hydrogen) atoms.